The highest BCUT2D eigenvalue weighted by Gasteiger charge is 2.20. The van der Waals surface area contributed by atoms with E-state index in [0.717, 1.165) is 45.8 Å². The highest BCUT2D eigenvalue weighted by Crippen LogP contribution is 2.30. The van der Waals surface area contributed by atoms with E-state index in [-0.39, 0.29) is 5.91 Å². The number of rotatable bonds is 3. The van der Waals surface area contributed by atoms with Gasteiger partial charge in [-0.15, -0.1) is 0 Å². The normalized spacial score (nSPS) is 13.2. The maximum atomic E-state index is 12.1. The number of nitrogens with two attached hydrogens (primary N) is 1. The molecule has 0 bridgehead atoms. The van der Waals surface area contributed by atoms with Gasteiger partial charge in [-0.3, -0.25) is 4.79 Å². The smallest absolute Gasteiger partial charge is 0.253 e. The van der Waals surface area contributed by atoms with Crippen molar-refractivity contribution in [2.75, 3.05) is 17.6 Å². The molecule has 2 aromatic carbocycles. The second kappa shape index (κ2) is 6.42. The summed E-state index contributed by atoms with van der Waals surface area (Å²) < 4.78 is 0. The van der Waals surface area contributed by atoms with Crippen molar-refractivity contribution in [3.8, 4) is 11.3 Å². The molecule has 28 heavy (non-hydrogen) atoms. The Hall–Kier alpha value is -3.80. The molecular formula is C22H19N5O. The first-order chi connectivity index (χ1) is 13.7. The van der Waals surface area contributed by atoms with Crippen molar-refractivity contribution in [1.82, 2.24) is 15.3 Å². The summed E-state index contributed by atoms with van der Waals surface area (Å²) in [6, 6.07) is 19.5. The van der Waals surface area contributed by atoms with E-state index in [1.54, 1.807) is 0 Å². The number of aromatic amines is 1. The number of fused-ring (bicyclic) bond motifs is 2. The number of nitrogen functional groups attached to an aromatic ring is 1. The van der Waals surface area contributed by atoms with Crippen LogP contribution < -0.4 is 16.4 Å². The second-order valence-electron chi connectivity index (χ2n) is 6.91. The minimum atomic E-state index is -0.0269. The van der Waals surface area contributed by atoms with Gasteiger partial charge in [0.2, 0.25) is 0 Å². The number of nitrogens with zero attached hydrogens (tertiary/aromatic N) is 1. The monoisotopic (exact) mass is 369 g/mol. The van der Waals surface area contributed by atoms with E-state index in [2.05, 4.69) is 15.6 Å². The fourth-order valence-electron chi connectivity index (χ4n) is 3.64. The Morgan fingerprint density at radius 1 is 1.00 bits per heavy atom. The van der Waals surface area contributed by atoms with Crippen LogP contribution >= 0.6 is 0 Å². The number of hydrogen-bond acceptors (Lipinski definition) is 4. The Labute approximate surface area is 161 Å². The van der Waals surface area contributed by atoms with Crippen LogP contribution in [0, 0.1) is 0 Å². The number of aromatic nitrogens is 2. The Bertz CT molecular complexity index is 1210. The van der Waals surface area contributed by atoms with E-state index in [1.807, 2.05) is 60.7 Å². The van der Waals surface area contributed by atoms with Crippen LogP contribution in [0.3, 0.4) is 0 Å². The van der Waals surface area contributed by atoms with E-state index >= 15 is 0 Å². The Morgan fingerprint density at radius 2 is 1.89 bits per heavy atom. The molecule has 0 unspecified atom stereocenters. The van der Waals surface area contributed by atoms with E-state index < -0.39 is 0 Å². The third kappa shape index (κ3) is 2.85. The zero-order chi connectivity index (χ0) is 19.1. The lowest BCUT2D eigenvalue weighted by atomic mass is 10.1. The quantitative estimate of drug-likeness (QED) is 0.413. The SMILES string of the molecule is Nc1cccc(Nc2ccc3cccc(-c4cc5c([nH]4)CCNC5=O)c3n2)c1. The highest BCUT2D eigenvalue weighted by molar-refractivity contribution is 6.00. The molecule has 1 amide bonds. The van der Waals surface area contributed by atoms with Crippen molar-refractivity contribution >= 4 is 34.0 Å². The van der Waals surface area contributed by atoms with Gasteiger partial charge in [0, 0.05) is 46.7 Å². The molecule has 1 aliphatic rings. The Morgan fingerprint density at radius 3 is 2.75 bits per heavy atom. The molecule has 0 saturated heterocycles. The summed E-state index contributed by atoms with van der Waals surface area (Å²) >= 11 is 0. The summed E-state index contributed by atoms with van der Waals surface area (Å²) in [7, 11) is 0. The number of H-pyrrole nitrogens is 1. The number of carbonyl (C=O) groups excluding carboxylic acids is 1. The first kappa shape index (κ1) is 16.4. The summed E-state index contributed by atoms with van der Waals surface area (Å²) in [5.74, 6) is 0.709. The average molecular weight is 369 g/mol. The summed E-state index contributed by atoms with van der Waals surface area (Å²) in [6.45, 7) is 0.661. The van der Waals surface area contributed by atoms with Gasteiger partial charge in [-0.1, -0.05) is 24.3 Å². The van der Waals surface area contributed by atoms with Gasteiger partial charge in [-0.2, -0.15) is 0 Å². The lowest BCUT2D eigenvalue weighted by Gasteiger charge is -2.11. The lowest BCUT2D eigenvalue weighted by Crippen LogP contribution is -2.31. The van der Waals surface area contributed by atoms with Crippen LogP contribution in [0.25, 0.3) is 22.2 Å². The van der Waals surface area contributed by atoms with Crippen molar-refractivity contribution in [3.63, 3.8) is 0 Å². The van der Waals surface area contributed by atoms with Crippen molar-refractivity contribution in [3.05, 3.63) is 71.9 Å². The zero-order valence-corrected chi connectivity index (χ0v) is 15.1. The predicted octanol–water partition coefficient (Wildman–Crippen LogP) is 3.84. The molecule has 0 spiro atoms. The number of carbonyl (C=O) groups is 1. The second-order valence-corrected chi connectivity index (χ2v) is 6.91. The molecule has 2 aromatic heterocycles. The molecule has 0 fully saturated rings. The van der Waals surface area contributed by atoms with Crippen molar-refractivity contribution in [1.29, 1.82) is 0 Å². The molecule has 138 valence electrons. The van der Waals surface area contributed by atoms with Crippen molar-refractivity contribution < 1.29 is 4.79 Å². The topological polar surface area (TPSA) is 95.8 Å². The van der Waals surface area contributed by atoms with Gasteiger partial charge >= 0.3 is 0 Å². The van der Waals surface area contributed by atoms with Gasteiger partial charge in [0.05, 0.1) is 11.1 Å². The van der Waals surface area contributed by atoms with Gasteiger partial charge in [0.15, 0.2) is 0 Å². The van der Waals surface area contributed by atoms with Gasteiger partial charge in [-0.25, -0.2) is 4.98 Å². The van der Waals surface area contributed by atoms with Crippen LogP contribution in [0.2, 0.25) is 0 Å². The number of pyridine rings is 1. The summed E-state index contributed by atoms with van der Waals surface area (Å²) in [6.07, 6.45) is 0.807. The molecule has 6 heteroatoms. The van der Waals surface area contributed by atoms with E-state index in [9.17, 15) is 4.79 Å². The minimum absolute atomic E-state index is 0.0269. The first-order valence-corrected chi connectivity index (χ1v) is 9.20. The third-order valence-electron chi connectivity index (χ3n) is 4.97. The standard InChI is InChI=1S/C22H19N5O/c23-14-4-2-5-15(11-14)25-20-8-7-13-3-1-6-16(21(13)27-20)19-12-17-18(26-19)9-10-24-22(17)28/h1-8,11-12,26H,9-10,23H2,(H,24,28)(H,25,27). The number of anilines is 3. The number of hydrogen-bond donors (Lipinski definition) is 4. The van der Waals surface area contributed by atoms with Crippen LogP contribution in [0.15, 0.2) is 60.7 Å². The zero-order valence-electron chi connectivity index (χ0n) is 15.1. The minimum Gasteiger partial charge on any atom is -0.399 e. The van der Waals surface area contributed by atoms with E-state index in [1.165, 1.54) is 0 Å². The Balaban J connectivity index is 1.59. The van der Waals surface area contributed by atoms with Gasteiger partial charge in [0.1, 0.15) is 5.82 Å². The molecule has 1 aliphatic heterocycles. The van der Waals surface area contributed by atoms with Gasteiger partial charge < -0.3 is 21.4 Å². The van der Waals surface area contributed by atoms with Crippen molar-refractivity contribution in [2.45, 2.75) is 6.42 Å². The molecule has 4 aromatic rings. The molecule has 0 atom stereocenters. The molecule has 0 aliphatic carbocycles. The fraction of sp³-hybridized carbons (Fsp3) is 0.0909. The van der Waals surface area contributed by atoms with Crippen LogP contribution in [-0.4, -0.2) is 22.4 Å². The molecule has 3 heterocycles. The summed E-state index contributed by atoms with van der Waals surface area (Å²) in [5.41, 5.74) is 11.9. The maximum absolute atomic E-state index is 12.1. The average Bonchev–Trinajstić information content (AvgIpc) is 3.13. The number of nitrogens with one attached hydrogen (secondary N) is 3. The number of para-hydroxylation sites is 1. The predicted molar refractivity (Wildman–Crippen MR) is 112 cm³/mol. The maximum Gasteiger partial charge on any atom is 0.253 e. The summed E-state index contributed by atoms with van der Waals surface area (Å²) in [5, 5.41) is 7.23. The molecule has 0 radical (unpaired) electrons. The molecule has 6 nitrogen and oxygen atoms in total. The molecule has 0 saturated carbocycles. The van der Waals surface area contributed by atoms with Crippen molar-refractivity contribution in [2.24, 2.45) is 0 Å². The third-order valence-corrected chi connectivity index (χ3v) is 4.97. The largest absolute Gasteiger partial charge is 0.399 e. The van der Waals surface area contributed by atoms with Crippen LogP contribution in [0.4, 0.5) is 17.2 Å². The molecular weight excluding hydrogens is 350 g/mol. The lowest BCUT2D eigenvalue weighted by molar-refractivity contribution is 0.0946. The van der Waals surface area contributed by atoms with Gasteiger partial charge in [-0.05, 0) is 36.4 Å². The van der Waals surface area contributed by atoms with E-state index in [0.29, 0.717) is 17.8 Å². The first-order valence-electron chi connectivity index (χ1n) is 9.20. The van der Waals surface area contributed by atoms with Crippen LogP contribution in [0.1, 0.15) is 16.1 Å². The molecule has 5 N–H and O–H groups in total. The van der Waals surface area contributed by atoms with E-state index in [4.69, 9.17) is 10.7 Å². The van der Waals surface area contributed by atoms with Crippen LogP contribution in [0.5, 0.6) is 0 Å². The molecule has 5 rings (SSSR count). The highest BCUT2D eigenvalue weighted by atomic mass is 16.1. The number of amides is 1. The fourth-order valence-corrected chi connectivity index (χ4v) is 3.64. The number of benzene rings is 2. The Kier molecular flexibility index (Phi) is 3.76. The van der Waals surface area contributed by atoms with Crippen LogP contribution in [-0.2, 0) is 6.42 Å². The summed E-state index contributed by atoms with van der Waals surface area (Å²) in [4.78, 5) is 20.4. The van der Waals surface area contributed by atoms with Gasteiger partial charge in [0.25, 0.3) is 5.91 Å².